The molecule has 0 bridgehead atoms. The zero-order valence-electron chi connectivity index (χ0n) is 12.2. The fraction of sp³-hybridized carbons (Fsp3) is 0.750. The predicted octanol–water partition coefficient (Wildman–Crippen LogP) is 3.74. The van der Waals surface area contributed by atoms with Crippen LogP contribution in [0.2, 0.25) is 0 Å². The summed E-state index contributed by atoms with van der Waals surface area (Å²) in [5.41, 5.74) is 1.39. The van der Waals surface area contributed by atoms with Crippen LogP contribution in [0.3, 0.4) is 0 Å². The van der Waals surface area contributed by atoms with E-state index in [-0.39, 0.29) is 11.4 Å². The van der Waals surface area contributed by atoms with Crippen LogP contribution >= 0.6 is 0 Å². The molecule has 0 radical (unpaired) electrons. The van der Waals surface area contributed by atoms with E-state index in [2.05, 4.69) is 12.2 Å². The third kappa shape index (κ3) is 4.15. The van der Waals surface area contributed by atoms with Gasteiger partial charge in [-0.1, -0.05) is 18.6 Å². The van der Waals surface area contributed by atoms with E-state index in [0.717, 1.165) is 39.0 Å². The second-order valence-electron chi connectivity index (χ2n) is 6.00. The number of piperidine rings is 1. The van der Waals surface area contributed by atoms with E-state index >= 15 is 0 Å². The molecule has 2 aliphatic heterocycles. The van der Waals surface area contributed by atoms with Crippen LogP contribution in [0.15, 0.2) is 23.6 Å². The van der Waals surface area contributed by atoms with Gasteiger partial charge in [0, 0.05) is 0 Å². The first kappa shape index (κ1) is 14.7. The lowest BCUT2D eigenvalue weighted by Crippen LogP contribution is -2.41. The highest BCUT2D eigenvalue weighted by molar-refractivity contribution is 5.14. The number of hydrogen-bond acceptors (Lipinski definition) is 2. The van der Waals surface area contributed by atoms with E-state index in [4.69, 9.17) is 4.74 Å². The molecule has 1 spiro atoms. The quantitative estimate of drug-likeness (QED) is 0.783. The first-order valence-corrected chi connectivity index (χ1v) is 7.50. The van der Waals surface area contributed by atoms with Crippen LogP contribution < -0.4 is 5.32 Å². The minimum absolute atomic E-state index is 0.0446. The first-order valence-electron chi connectivity index (χ1n) is 7.50. The predicted molar refractivity (Wildman–Crippen MR) is 76.7 cm³/mol. The molecule has 2 saturated heterocycles. The lowest BCUT2D eigenvalue weighted by Gasteiger charge is -2.33. The average molecular weight is 267 g/mol. The summed E-state index contributed by atoms with van der Waals surface area (Å²) < 4.78 is 19.2. The van der Waals surface area contributed by atoms with Gasteiger partial charge in [-0.15, -0.1) is 0 Å². The summed E-state index contributed by atoms with van der Waals surface area (Å²) in [6.45, 7) is 6.94. The fourth-order valence-corrected chi connectivity index (χ4v) is 3.17. The molecule has 2 nitrogen and oxygen atoms in total. The number of allylic oxidation sites excluding steroid dienone is 4. The van der Waals surface area contributed by atoms with Gasteiger partial charge in [0.2, 0.25) is 0 Å². The molecule has 2 heterocycles. The Bertz CT molecular complexity index is 356. The third-order valence-corrected chi connectivity index (χ3v) is 4.30. The Morgan fingerprint density at radius 2 is 2.11 bits per heavy atom. The maximum atomic E-state index is 13.1. The summed E-state index contributed by atoms with van der Waals surface area (Å²) in [6, 6.07) is 0. The highest BCUT2D eigenvalue weighted by atomic mass is 19.1. The summed E-state index contributed by atoms with van der Waals surface area (Å²) in [4.78, 5) is 0. The van der Waals surface area contributed by atoms with Gasteiger partial charge in [-0.3, -0.25) is 0 Å². The zero-order valence-corrected chi connectivity index (χ0v) is 12.2. The van der Waals surface area contributed by atoms with Crippen LogP contribution in [0, 0.1) is 5.92 Å². The molecule has 0 aromatic heterocycles. The Kier molecular flexibility index (Phi) is 5.17. The maximum Gasteiger partial charge on any atom is 0.0996 e. The van der Waals surface area contributed by atoms with E-state index < -0.39 is 0 Å². The molecule has 0 saturated carbocycles. The van der Waals surface area contributed by atoms with Gasteiger partial charge in [-0.25, -0.2) is 4.39 Å². The molecule has 0 aromatic rings. The molecular weight excluding hydrogens is 241 g/mol. The minimum atomic E-state index is -0.0446. The second-order valence-corrected chi connectivity index (χ2v) is 6.00. The van der Waals surface area contributed by atoms with Crippen molar-refractivity contribution >= 4 is 0 Å². The van der Waals surface area contributed by atoms with Crippen LogP contribution in [0.1, 0.15) is 46.0 Å². The number of halogens is 1. The fourth-order valence-electron chi connectivity index (χ4n) is 3.17. The van der Waals surface area contributed by atoms with Crippen LogP contribution in [0.4, 0.5) is 4.39 Å². The van der Waals surface area contributed by atoms with Gasteiger partial charge >= 0.3 is 0 Å². The van der Waals surface area contributed by atoms with Gasteiger partial charge in [0.05, 0.1) is 18.0 Å². The van der Waals surface area contributed by atoms with Gasteiger partial charge in [0.1, 0.15) is 0 Å². The lowest BCUT2D eigenvalue weighted by atomic mass is 9.84. The average Bonchev–Trinajstić information content (AvgIpc) is 2.79. The van der Waals surface area contributed by atoms with Crippen molar-refractivity contribution in [1.29, 1.82) is 0 Å². The van der Waals surface area contributed by atoms with E-state index in [1.165, 1.54) is 12.0 Å². The zero-order chi connectivity index (χ0) is 13.7. The molecule has 1 unspecified atom stereocenters. The summed E-state index contributed by atoms with van der Waals surface area (Å²) in [5.74, 6) is 0.560. The molecule has 1 atom stereocenters. The van der Waals surface area contributed by atoms with Crippen molar-refractivity contribution in [3.05, 3.63) is 23.6 Å². The van der Waals surface area contributed by atoms with Crippen molar-refractivity contribution in [1.82, 2.24) is 5.32 Å². The van der Waals surface area contributed by atoms with Crippen molar-refractivity contribution in [2.24, 2.45) is 5.92 Å². The number of ether oxygens (including phenoxy) is 1. The Hall–Kier alpha value is -0.670. The first-order chi connectivity index (χ1) is 9.13. The van der Waals surface area contributed by atoms with Crippen molar-refractivity contribution < 1.29 is 9.13 Å². The van der Waals surface area contributed by atoms with Crippen LogP contribution in [0.5, 0.6) is 0 Å². The minimum Gasteiger partial charge on any atom is -0.375 e. The Morgan fingerprint density at radius 1 is 1.37 bits per heavy atom. The third-order valence-electron chi connectivity index (χ3n) is 4.30. The molecule has 19 heavy (non-hydrogen) atoms. The second kappa shape index (κ2) is 6.67. The molecule has 0 aliphatic carbocycles. The number of nitrogens with one attached hydrogen (secondary N) is 1. The molecule has 2 fully saturated rings. The summed E-state index contributed by atoms with van der Waals surface area (Å²) in [6.07, 6.45) is 8.47. The molecule has 2 rings (SSSR count). The SMILES string of the molecule is CCC(F)=CC=C(C)CC1COC2(CCNCC2)C1. The van der Waals surface area contributed by atoms with Crippen LogP contribution in [-0.4, -0.2) is 25.3 Å². The summed E-state index contributed by atoms with van der Waals surface area (Å²) in [5, 5.41) is 3.39. The lowest BCUT2D eigenvalue weighted by molar-refractivity contribution is -0.0196. The molecule has 2 aliphatic rings. The molecule has 0 amide bonds. The summed E-state index contributed by atoms with van der Waals surface area (Å²) >= 11 is 0. The van der Waals surface area contributed by atoms with Gasteiger partial charge in [-0.2, -0.15) is 0 Å². The van der Waals surface area contributed by atoms with E-state index in [0.29, 0.717) is 12.3 Å². The van der Waals surface area contributed by atoms with Gasteiger partial charge in [0.15, 0.2) is 0 Å². The van der Waals surface area contributed by atoms with Crippen LogP contribution in [0.25, 0.3) is 0 Å². The van der Waals surface area contributed by atoms with Crippen molar-refractivity contribution in [2.75, 3.05) is 19.7 Å². The number of hydrogen-bond donors (Lipinski definition) is 1. The van der Waals surface area contributed by atoms with E-state index in [1.54, 1.807) is 6.08 Å². The summed E-state index contributed by atoms with van der Waals surface area (Å²) in [7, 11) is 0. The van der Waals surface area contributed by atoms with Gasteiger partial charge in [-0.05, 0) is 64.1 Å². The Labute approximate surface area is 116 Å². The van der Waals surface area contributed by atoms with Crippen molar-refractivity contribution in [3.8, 4) is 0 Å². The van der Waals surface area contributed by atoms with E-state index in [1.807, 2.05) is 13.0 Å². The van der Waals surface area contributed by atoms with Crippen molar-refractivity contribution in [3.63, 3.8) is 0 Å². The van der Waals surface area contributed by atoms with Gasteiger partial charge in [0.25, 0.3) is 0 Å². The van der Waals surface area contributed by atoms with Crippen LogP contribution in [-0.2, 0) is 4.74 Å². The molecule has 1 N–H and O–H groups in total. The molecular formula is C16H26FNO. The van der Waals surface area contributed by atoms with E-state index in [9.17, 15) is 4.39 Å². The molecule has 3 heteroatoms. The highest BCUT2D eigenvalue weighted by Gasteiger charge is 2.40. The Balaban J connectivity index is 1.84. The topological polar surface area (TPSA) is 21.3 Å². The Morgan fingerprint density at radius 3 is 2.79 bits per heavy atom. The maximum absolute atomic E-state index is 13.1. The largest absolute Gasteiger partial charge is 0.375 e. The molecule has 0 aromatic carbocycles. The van der Waals surface area contributed by atoms with Gasteiger partial charge < -0.3 is 10.1 Å². The van der Waals surface area contributed by atoms with Crippen molar-refractivity contribution in [2.45, 2.75) is 51.6 Å². The standard InChI is InChI=1S/C16H26FNO/c1-3-15(17)5-4-13(2)10-14-11-16(19-12-14)6-8-18-9-7-16/h4-5,14,18H,3,6-12H2,1-2H3. The normalized spacial score (nSPS) is 28.1. The molecule has 108 valence electrons. The smallest absolute Gasteiger partial charge is 0.0996 e. The number of rotatable bonds is 4. The highest BCUT2D eigenvalue weighted by Crippen LogP contribution is 2.39. The monoisotopic (exact) mass is 267 g/mol.